The molecule has 1 saturated heterocycles. The third kappa shape index (κ3) is 7.94. The molecule has 152 valence electrons. The molecule has 1 aromatic rings. The van der Waals surface area contributed by atoms with Crippen molar-refractivity contribution >= 4 is 35.8 Å². The number of amides is 1. The molecule has 1 unspecified atom stereocenters. The second-order valence-corrected chi connectivity index (χ2v) is 6.57. The first-order valence-corrected chi connectivity index (χ1v) is 9.63. The third-order valence-corrected chi connectivity index (χ3v) is 4.49. The molecule has 0 aromatic heterocycles. The molecule has 1 amide bonds. The number of nitrogens with one attached hydrogen (secondary N) is 2. The van der Waals surface area contributed by atoms with Crippen molar-refractivity contribution in [2.75, 3.05) is 33.3 Å². The topological polar surface area (TPSA) is 66.0 Å². The second-order valence-electron chi connectivity index (χ2n) is 6.57. The number of carbonyl (C=O) groups is 1. The molecule has 7 heteroatoms. The molecule has 0 saturated carbocycles. The Hall–Kier alpha value is -1.51. The van der Waals surface area contributed by atoms with Crippen LogP contribution in [0, 0.1) is 0 Å². The van der Waals surface area contributed by atoms with Crippen molar-refractivity contribution in [3.05, 3.63) is 29.8 Å². The zero-order chi connectivity index (χ0) is 18.8. The van der Waals surface area contributed by atoms with Gasteiger partial charge in [-0.15, -0.1) is 24.0 Å². The Morgan fingerprint density at radius 1 is 1.37 bits per heavy atom. The largest absolute Gasteiger partial charge is 0.494 e. The number of likely N-dealkylation sites (tertiary alicyclic amines) is 1. The second kappa shape index (κ2) is 12.8. The number of ether oxygens (including phenoxy) is 1. The number of hydrogen-bond acceptors (Lipinski definition) is 3. The third-order valence-electron chi connectivity index (χ3n) is 4.49. The summed E-state index contributed by atoms with van der Waals surface area (Å²) in [6.07, 6.45) is 3.44. The van der Waals surface area contributed by atoms with Crippen molar-refractivity contribution in [2.45, 2.75) is 45.6 Å². The standard InChI is InChI=1S/C20H32N4O2.HI/c1-4-13-26-18-8-6-7-16(14-18)9-11-22-20(21-3)23-17-10-12-24(15-17)19(25)5-2;/h6-8,14,17H,4-5,9-13,15H2,1-3H3,(H2,21,22,23);1H. The minimum atomic E-state index is 0. The summed E-state index contributed by atoms with van der Waals surface area (Å²) < 4.78 is 5.68. The minimum absolute atomic E-state index is 0. The molecular weight excluding hydrogens is 455 g/mol. The van der Waals surface area contributed by atoms with Gasteiger partial charge in [0.05, 0.1) is 6.61 Å². The van der Waals surface area contributed by atoms with Crippen LogP contribution in [-0.4, -0.2) is 56.1 Å². The number of carbonyl (C=O) groups excluding carboxylic acids is 1. The van der Waals surface area contributed by atoms with Crippen molar-refractivity contribution in [1.29, 1.82) is 0 Å². The Morgan fingerprint density at radius 3 is 2.89 bits per heavy atom. The van der Waals surface area contributed by atoms with Gasteiger partial charge in [-0.25, -0.2) is 0 Å². The quantitative estimate of drug-likeness (QED) is 0.336. The molecule has 1 heterocycles. The van der Waals surface area contributed by atoms with Crippen molar-refractivity contribution < 1.29 is 9.53 Å². The van der Waals surface area contributed by atoms with E-state index < -0.39 is 0 Å². The van der Waals surface area contributed by atoms with Crippen molar-refractivity contribution in [1.82, 2.24) is 15.5 Å². The van der Waals surface area contributed by atoms with Crippen LogP contribution in [0.4, 0.5) is 0 Å². The fraction of sp³-hybridized carbons (Fsp3) is 0.600. The first-order chi connectivity index (χ1) is 12.7. The molecule has 1 fully saturated rings. The van der Waals surface area contributed by atoms with Gasteiger partial charge in [-0.3, -0.25) is 9.79 Å². The molecule has 6 nitrogen and oxygen atoms in total. The van der Waals surface area contributed by atoms with Gasteiger partial charge >= 0.3 is 0 Å². The summed E-state index contributed by atoms with van der Waals surface area (Å²) in [5.74, 6) is 1.94. The molecule has 1 atom stereocenters. The Labute approximate surface area is 180 Å². The van der Waals surface area contributed by atoms with Crippen LogP contribution in [0.1, 0.15) is 38.7 Å². The highest BCUT2D eigenvalue weighted by Gasteiger charge is 2.25. The predicted molar refractivity (Wildman–Crippen MR) is 121 cm³/mol. The molecule has 0 bridgehead atoms. The van der Waals surface area contributed by atoms with Crippen LogP contribution >= 0.6 is 24.0 Å². The molecule has 0 spiro atoms. The minimum Gasteiger partial charge on any atom is -0.494 e. The molecule has 27 heavy (non-hydrogen) atoms. The van der Waals surface area contributed by atoms with Crippen LogP contribution in [0.15, 0.2) is 29.3 Å². The fourth-order valence-corrected chi connectivity index (χ4v) is 3.05. The molecule has 1 aromatic carbocycles. The van der Waals surface area contributed by atoms with Gasteiger partial charge in [0.15, 0.2) is 5.96 Å². The smallest absolute Gasteiger partial charge is 0.222 e. The number of nitrogens with zero attached hydrogens (tertiary/aromatic N) is 2. The van der Waals surface area contributed by atoms with E-state index in [1.807, 2.05) is 24.0 Å². The first kappa shape index (κ1) is 23.5. The highest BCUT2D eigenvalue weighted by molar-refractivity contribution is 14.0. The van der Waals surface area contributed by atoms with Crippen LogP contribution in [-0.2, 0) is 11.2 Å². The van der Waals surface area contributed by atoms with E-state index in [2.05, 4.69) is 34.7 Å². The summed E-state index contributed by atoms with van der Waals surface area (Å²) in [7, 11) is 1.78. The van der Waals surface area contributed by atoms with Crippen LogP contribution < -0.4 is 15.4 Å². The SMILES string of the molecule is CCCOc1cccc(CCNC(=NC)NC2CCN(C(=O)CC)C2)c1.I. The van der Waals surface area contributed by atoms with E-state index in [1.165, 1.54) is 5.56 Å². The lowest BCUT2D eigenvalue weighted by molar-refractivity contribution is -0.129. The van der Waals surface area contributed by atoms with Gasteiger partial charge in [0.1, 0.15) is 5.75 Å². The molecule has 2 N–H and O–H groups in total. The normalized spacial score (nSPS) is 16.6. The molecule has 2 rings (SSSR count). The van der Waals surface area contributed by atoms with Crippen molar-refractivity contribution in [2.24, 2.45) is 4.99 Å². The van der Waals surface area contributed by atoms with E-state index in [9.17, 15) is 4.79 Å². The van der Waals surface area contributed by atoms with E-state index in [1.54, 1.807) is 7.05 Å². The maximum absolute atomic E-state index is 11.8. The highest BCUT2D eigenvalue weighted by Crippen LogP contribution is 2.14. The monoisotopic (exact) mass is 488 g/mol. The average Bonchev–Trinajstić information content (AvgIpc) is 3.13. The van der Waals surface area contributed by atoms with Crippen molar-refractivity contribution in [3.8, 4) is 5.75 Å². The summed E-state index contributed by atoms with van der Waals surface area (Å²) in [6.45, 7) is 7.13. The van der Waals surface area contributed by atoms with Gasteiger partial charge in [0.2, 0.25) is 5.91 Å². The average molecular weight is 488 g/mol. The van der Waals surface area contributed by atoms with Crippen molar-refractivity contribution in [3.63, 3.8) is 0 Å². The van der Waals surface area contributed by atoms with E-state index in [0.29, 0.717) is 6.42 Å². The zero-order valence-electron chi connectivity index (χ0n) is 16.7. The maximum Gasteiger partial charge on any atom is 0.222 e. The molecule has 1 aliphatic heterocycles. The molecule has 0 aliphatic carbocycles. The lowest BCUT2D eigenvalue weighted by Gasteiger charge is -2.18. The van der Waals surface area contributed by atoms with Crippen LogP contribution in [0.3, 0.4) is 0 Å². The van der Waals surface area contributed by atoms with Crippen LogP contribution in [0.2, 0.25) is 0 Å². The number of rotatable bonds is 8. The van der Waals surface area contributed by atoms with Gasteiger partial charge < -0.3 is 20.3 Å². The fourth-order valence-electron chi connectivity index (χ4n) is 3.05. The summed E-state index contributed by atoms with van der Waals surface area (Å²) in [6, 6.07) is 8.50. The van der Waals surface area contributed by atoms with E-state index in [0.717, 1.165) is 57.2 Å². The van der Waals surface area contributed by atoms with Crippen LogP contribution in [0.25, 0.3) is 0 Å². The van der Waals surface area contributed by atoms with Crippen LogP contribution in [0.5, 0.6) is 5.75 Å². The number of guanidine groups is 1. The van der Waals surface area contributed by atoms with E-state index in [-0.39, 0.29) is 35.9 Å². The molecular formula is C20H33IN4O2. The summed E-state index contributed by atoms with van der Waals surface area (Å²) in [4.78, 5) is 18.0. The zero-order valence-corrected chi connectivity index (χ0v) is 19.0. The van der Waals surface area contributed by atoms with E-state index >= 15 is 0 Å². The molecule has 0 radical (unpaired) electrons. The highest BCUT2D eigenvalue weighted by atomic mass is 127. The predicted octanol–water partition coefficient (Wildman–Crippen LogP) is 2.81. The van der Waals surface area contributed by atoms with Gasteiger partial charge in [-0.1, -0.05) is 26.0 Å². The number of halogens is 1. The van der Waals surface area contributed by atoms with E-state index in [4.69, 9.17) is 4.74 Å². The lowest BCUT2D eigenvalue weighted by atomic mass is 10.1. The number of hydrogen-bond donors (Lipinski definition) is 2. The summed E-state index contributed by atoms with van der Waals surface area (Å²) in [5, 5.41) is 6.78. The summed E-state index contributed by atoms with van der Waals surface area (Å²) in [5.41, 5.74) is 1.24. The Morgan fingerprint density at radius 2 is 2.19 bits per heavy atom. The van der Waals surface area contributed by atoms with Gasteiger partial charge in [0, 0.05) is 39.1 Å². The lowest BCUT2D eigenvalue weighted by Crippen LogP contribution is -2.45. The summed E-state index contributed by atoms with van der Waals surface area (Å²) >= 11 is 0. The number of benzene rings is 1. The first-order valence-electron chi connectivity index (χ1n) is 9.63. The Balaban J connectivity index is 0.00000364. The maximum atomic E-state index is 11.8. The van der Waals surface area contributed by atoms with Gasteiger partial charge in [0.25, 0.3) is 0 Å². The molecule has 1 aliphatic rings. The van der Waals surface area contributed by atoms with Gasteiger partial charge in [-0.05, 0) is 37.0 Å². The van der Waals surface area contributed by atoms with Gasteiger partial charge in [-0.2, -0.15) is 0 Å². The number of aliphatic imine (C=N–C) groups is 1. The Kier molecular flexibility index (Phi) is 11.2. The Bertz CT molecular complexity index is 609.